The fraction of sp³-hybridized carbons (Fsp3) is 0.300. The van der Waals surface area contributed by atoms with Crippen molar-refractivity contribution in [1.82, 2.24) is 9.97 Å². The molecule has 0 N–H and O–H groups in total. The lowest BCUT2D eigenvalue weighted by atomic mass is 10.1. The van der Waals surface area contributed by atoms with Crippen LogP contribution in [0, 0.1) is 6.92 Å². The molecule has 1 aromatic heterocycles. The zero-order valence-corrected chi connectivity index (χ0v) is 8.41. The van der Waals surface area contributed by atoms with Crippen LogP contribution in [0.4, 0.5) is 13.2 Å². The number of allylic oxidation sites excluding steroid dienone is 1. The van der Waals surface area contributed by atoms with Crippen molar-refractivity contribution >= 4 is 11.3 Å². The van der Waals surface area contributed by atoms with Gasteiger partial charge in [0.1, 0.15) is 11.5 Å². The molecule has 0 saturated heterocycles. The van der Waals surface area contributed by atoms with E-state index in [-0.39, 0.29) is 6.54 Å². The molecule has 0 aliphatic carbocycles. The Morgan fingerprint density at radius 1 is 1.31 bits per heavy atom. The van der Waals surface area contributed by atoms with E-state index >= 15 is 0 Å². The SMILES string of the molecule is Cc1nccc(C2=CC(C(F)(F)F)=NC2)n1. The monoisotopic (exact) mass is 227 g/mol. The summed E-state index contributed by atoms with van der Waals surface area (Å²) in [6.45, 7) is 1.70. The van der Waals surface area contributed by atoms with Gasteiger partial charge in [-0.25, -0.2) is 9.97 Å². The summed E-state index contributed by atoms with van der Waals surface area (Å²) in [7, 11) is 0. The van der Waals surface area contributed by atoms with Crippen molar-refractivity contribution in [2.45, 2.75) is 13.1 Å². The maximum atomic E-state index is 12.3. The quantitative estimate of drug-likeness (QED) is 0.737. The van der Waals surface area contributed by atoms with Crippen molar-refractivity contribution in [1.29, 1.82) is 0 Å². The fourth-order valence-corrected chi connectivity index (χ4v) is 1.39. The molecule has 1 aromatic rings. The maximum Gasteiger partial charge on any atom is 0.432 e. The number of aryl methyl sites for hydroxylation is 1. The van der Waals surface area contributed by atoms with Crippen molar-refractivity contribution in [3.05, 3.63) is 29.9 Å². The minimum Gasteiger partial charge on any atom is -0.276 e. The maximum absolute atomic E-state index is 12.3. The molecule has 6 heteroatoms. The van der Waals surface area contributed by atoms with Crippen LogP contribution in [0.1, 0.15) is 11.5 Å². The van der Waals surface area contributed by atoms with E-state index in [1.807, 2.05) is 0 Å². The number of aliphatic imine (C=N–C) groups is 1. The molecule has 0 saturated carbocycles. The van der Waals surface area contributed by atoms with Crippen LogP contribution in [0.5, 0.6) is 0 Å². The summed E-state index contributed by atoms with van der Waals surface area (Å²) < 4.78 is 37.0. The summed E-state index contributed by atoms with van der Waals surface area (Å²) in [5.41, 5.74) is 0.118. The average molecular weight is 227 g/mol. The predicted molar refractivity (Wildman–Crippen MR) is 53.1 cm³/mol. The lowest BCUT2D eigenvalue weighted by Gasteiger charge is -2.02. The van der Waals surface area contributed by atoms with E-state index in [1.165, 1.54) is 6.20 Å². The molecule has 3 nitrogen and oxygen atoms in total. The Morgan fingerprint density at radius 2 is 2.06 bits per heavy atom. The van der Waals surface area contributed by atoms with Crippen LogP contribution in [-0.4, -0.2) is 28.4 Å². The molecule has 0 unspecified atom stereocenters. The van der Waals surface area contributed by atoms with Gasteiger partial charge >= 0.3 is 6.18 Å². The zero-order valence-electron chi connectivity index (χ0n) is 8.41. The van der Waals surface area contributed by atoms with Gasteiger partial charge in [-0.05, 0) is 19.1 Å². The molecule has 2 rings (SSSR count). The fourth-order valence-electron chi connectivity index (χ4n) is 1.39. The van der Waals surface area contributed by atoms with Gasteiger partial charge < -0.3 is 0 Å². The Balaban J connectivity index is 2.28. The van der Waals surface area contributed by atoms with Crippen molar-refractivity contribution < 1.29 is 13.2 Å². The van der Waals surface area contributed by atoms with Crippen LogP contribution in [0.3, 0.4) is 0 Å². The second-order valence-electron chi connectivity index (χ2n) is 3.36. The van der Waals surface area contributed by atoms with Crippen LogP contribution < -0.4 is 0 Å². The third kappa shape index (κ3) is 2.10. The van der Waals surface area contributed by atoms with Gasteiger partial charge in [-0.1, -0.05) is 0 Å². The van der Waals surface area contributed by atoms with Crippen LogP contribution >= 0.6 is 0 Å². The first-order valence-corrected chi connectivity index (χ1v) is 4.59. The average Bonchev–Trinajstić information content (AvgIpc) is 2.65. The van der Waals surface area contributed by atoms with E-state index in [9.17, 15) is 13.2 Å². The molecule has 0 amide bonds. The summed E-state index contributed by atoms with van der Waals surface area (Å²) >= 11 is 0. The summed E-state index contributed by atoms with van der Waals surface area (Å²) in [5, 5.41) is 0. The van der Waals surface area contributed by atoms with Crippen LogP contribution in [0.25, 0.3) is 5.57 Å². The van der Waals surface area contributed by atoms with E-state index in [1.54, 1.807) is 13.0 Å². The van der Waals surface area contributed by atoms with Crippen molar-refractivity contribution in [3.63, 3.8) is 0 Å². The van der Waals surface area contributed by atoms with Gasteiger partial charge in [-0.15, -0.1) is 0 Å². The van der Waals surface area contributed by atoms with E-state index in [0.717, 1.165) is 6.08 Å². The normalized spacial score (nSPS) is 16.0. The lowest BCUT2D eigenvalue weighted by Crippen LogP contribution is -2.19. The second-order valence-corrected chi connectivity index (χ2v) is 3.36. The van der Waals surface area contributed by atoms with Gasteiger partial charge in [-0.3, -0.25) is 4.99 Å². The van der Waals surface area contributed by atoms with E-state index < -0.39 is 11.9 Å². The Morgan fingerprint density at radius 3 is 2.62 bits per heavy atom. The van der Waals surface area contributed by atoms with Gasteiger partial charge in [0.05, 0.1) is 12.2 Å². The standard InChI is InChI=1S/C10H8F3N3/c1-6-14-3-2-8(16-6)7-4-9(15-5-7)10(11,12)13/h2-4H,5H2,1H3. The molecule has 0 atom stereocenters. The summed E-state index contributed by atoms with van der Waals surface area (Å²) in [6, 6.07) is 1.58. The number of rotatable bonds is 1. The van der Waals surface area contributed by atoms with Gasteiger partial charge in [0.2, 0.25) is 0 Å². The largest absolute Gasteiger partial charge is 0.432 e. The van der Waals surface area contributed by atoms with Crippen molar-refractivity contribution in [2.75, 3.05) is 6.54 Å². The third-order valence-corrected chi connectivity index (χ3v) is 2.13. The molecule has 1 aliphatic heterocycles. The molecule has 84 valence electrons. The number of nitrogens with zero attached hydrogens (tertiary/aromatic N) is 3. The summed E-state index contributed by atoms with van der Waals surface area (Å²) in [5.74, 6) is 0.527. The van der Waals surface area contributed by atoms with E-state index in [0.29, 0.717) is 17.1 Å². The lowest BCUT2D eigenvalue weighted by molar-refractivity contribution is -0.0576. The Kier molecular flexibility index (Phi) is 2.49. The van der Waals surface area contributed by atoms with Crippen LogP contribution in [0.15, 0.2) is 23.3 Å². The molecule has 1 aliphatic rings. The van der Waals surface area contributed by atoms with Gasteiger partial charge in [0.25, 0.3) is 0 Å². The molecule has 2 heterocycles. The molecule has 16 heavy (non-hydrogen) atoms. The molecule has 0 bridgehead atoms. The highest BCUT2D eigenvalue weighted by atomic mass is 19.4. The second kappa shape index (κ2) is 3.70. The molecule has 0 aromatic carbocycles. The summed E-state index contributed by atoms with van der Waals surface area (Å²) in [4.78, 5) is 11.4. The van der Waals surface area contributed by atoms with Crippen molar-refractivity contribution in [2.24, 2.45) is 4.99 Å². The van der Waals surface area contributed by atoms with Crippen LogP contribution in [-0.2, 0) is 0 Å². The Labute approximate surface area is 89.8 Å². The van der Waals surface area contributed by atoms with E-state index in [4.69, 9.17) is 0 Å². The molecule has 0 radical (unpaired) electrons. The van der Waals surface area contributed by atoms with E-state index in [2.05, 4.69) is 15.0 Å². The Hall–Kier alpha value is -1.72. The molecule has 0 spiro atoms. The van der Waals surface area contributed by atoms with Gasteiger partial charge in [-0.2, -0.15) is 13.2 Å². The highest BCUT2D eigenvalue weighted by molar-refractivity contribution is 6.07. The minimum atomic E-state index is -4.39. The van der Waals surface area contributed by atoms with Crippen molar-refractivity contribution in [3.8, 4) is 0 Å². The summed E-state index contributed by atoms with van der Waals surface area (Å²) in [6.07, 6.45) is -1.84. The molecular formula is C10H8F3N3. The topological polar surface area (TPSA) is 38.1 Å². The number of hydrogen-bond donors (Lipinski definition) is 0. The first-order valence-electron chi connectivity index (χ1n) is 4.59. The zero-order chi connectivity index (χ0) is 11.8. The van der Waals surface area contributed by atoms with Gasteiger partial charge in [0, 0.05) is 11.8 Å². The first-order chi connectivity index (χ1) is 7.47. The first kappa shape index (κ1) is 10.8. The molecular weight excluding hydrogens is 219 g/mol. The van der Waals surface area contributed by atoms with Crippen LogP contribution in [0.2, 0.25) is 0 Å². The minimum absolute atomic E-state index is 0.0191. The predicted octanol–water partition coefficient (Wildman–Crippen LogP) is 2.19. The highest BCUT2D eigenvalue weighted by Crippen LogP contribution is 2.26. The number of hydrogen-bond acceptors (Lipinski definition) is 3. The number of aromatic nitrogens is 2. The number of alkyl halides is 3. The van der Waals surface area contributed by atoms with Gasteiger partial charge in [0.15, 0.2) is 0 Å². The third-order valence-electron chi connectivity index (χ3n) is 2.13. The molecule has 0 fully saturated rings. The number of halogens is 3. The smallest absolute Gasteiger partial charge is 0.276 e. The highest BCUT2D eigenvalue weighted by Gasteiger charge is 2.36. The Bertz CT molecular complexity index is 474.